The lowest BCUT2D eigenvalue weighted by Crippen LogP contribution is -2.52. The van der Waals surface area contributed by atoms with Crippen molar-refractivity contribution < 1.29 is 18.6 Å². The van der Waals surface area contributed by atoms with Gasteiger partial charge in [0.15, 0.2) is 0 Å². The van der Waals surface area contributed by atoms with Crippen LogP contribution in [-0.2, 0) is 38.2 Å². The van der Waals surface area contributed by atoms with Gasteiger partial charge >= 0.3 is 0 Å². The SMILES string of the molecule is O=C1Cc2cccc(c2)CCC(=O)N2CCCC2C(=O)NC2(CC2)S(=O)NSc2ccccc2N1. The smallest absolute Gasteiger partial charge is 0.244 e. The summed E-state index contributed by atoms with van der Waals surface area (Å²) in [7, 11) is -1.54. The van der Waals surface area contributed by atoms with Gasteiger partial charge in [-0.15, -0.1) is 0 Å². The van der Waals surface area contributed by atoms with Gasteiger partial charge in [-0.2, -0.15) is 4.13 Å². The summed E-state index contributed by atoms with van der Waals surface area (Å²) in [4.78, 5) is 40.5. The average Bonchev–Trinajstić information content (AvgIpc) is 3.45. The molecule has 0 aromatic heterocycles. The maximum absolute atomic E-state index is 13.1. The van der Waals surface area contributed by atoms with Crippen molar-refractivity contribution in [2.24, 2.45) is 0 Å². The zero-order chi connectivity index (χ0) is 24.4. The van der Waals surface area contributed by atoms with E-state index in [1.807, 2.05) is 42.5 Å². The second kappa shape index (κ2) is 10.1. The predicted octanol–water partition coefficient (Wildman–Crippen LogP) is 2.67. The van der Waals surface area contributed by atoms with E-state index in [4.69, 9.17) is 0 Å². The van der Waals surface area contributed by atoms with Crippen LogP contribution in [0.15, 0.2) is 53.4 Å². The van der Waals surface area contributed by atoms with Gasteiger partial charge in [0.1, 0.15) is 21.9 Å². The molecule has 35 heavy (non-hydrogen) atoms. The molecule has 8 nitrogen and oxygen atoms in total. The van der Waals surface area contributed by atoms with Gasteiger partial charge in [-0.25, -0.2) is 4.21 Å². The first kappa shape index (κ1) is 24.0. The predicted molar refractivity (Wildman–Crippen MR) is 136 cm³/mol. The molecule has 2 aliphatic heterocycles. The minimum absolute atomic E-state index is 0.0567. The summed E-state index contributed by atoms with van der Waals surface area (Å²) in [6.45, 7) is 0.554. The van der Waals surface area contributed by atoms with Gasteiger partial charge in [0.25, 0.3) is 0 Å². The number of carbonyl (C=O) groups is 3. The molecule has 0 radical (unpaired) electrons. The summed E-state index contributed by atoms with van der Waals surface area (Å²) >= 11 is 1.17. The molecule has 5 rings (SSSR count). The molecule has 10 heteroatoms. The fourth-order valence-electron chi connectivity index (χ4n) is 4.61. The van der Waals surface area contributed by atoms with Crippen LogP contribution >= 0.6 is 11.9 Å². The molecule has 3 N–H and O–H groups in total. The fourth-order valence-corrected chi connectivity index (χ4v) is 6.95. The monoisotopic (exact) mass is 512 g/mol. The highest BCUT2D eigenvalue weighted by Crippen LogP contribution is 2.40. The first-order valence-corrected chi connectivity index (χ1v) is 13.8. The number of benzene rings is 2. The highest BCUT2D eigenvalue weighted by atomic mass is 32.2. The molecule has 2 atom stereocenters. The van der Waals surface area contributed by atoms with Crippen LogP contribution < -0.4 is 14.8 Å². The summed E-state index contributed by atoms with van der Waals surface area (Å²) in [5.41, 5.74) is 2.47. The van der Waals surface area contributed by atoms with Crippen molar-refractivity contribution in [3.63, 3.8) is 0 Å². The van der Waals surface area contributed by atoms with Gasteiger partial charge in [-0.3, -0.25) is 14.4 Å². The summed E-state index contributed by atoms with van der Waals surface area (Å²) in [5, 5.41) is 5.93. The molecule has 2 aromatic rings. The van der Waals surface area contributed by atoms with Crippen LogP contribution in [0.3, 0.4) is 0 Å². The van der Waals surface area contributed by atoms with Gasteiger partial charge in [-0.05, 0) is 67.3 Å². The lowest BCUT2D eigenvalue weighted by Gasteiger charge is -2.26. The molecule has 184 valence electrons. The number of nitrogens with zero attached hydrogens (tertiary/aromatic N) is 1. The summed E-state index contributed by atoms with van der Waals surface area (Å²) < 4.78 is 16.1. The van der Waals surface area contributed by atoms with E-state index in [9.17, 15) is 18.6 Å². The fraction of sp³-hybridized carbons (Fsp3) is 0.400. The normalized spacial score (nSPS) is 24.9. The molecule has 1 spiro atoms. The zero-order valence-electron chi connectivity index (χ0n) is 19.2. The minimum atomic E-state index is -1.54. The largest absolute Gasteiger partial charge is 0.336 e. The summed E-state index contributed by atoms with van der Waals surface area (Å²) in [5.74, 6) is -0.448. The minimum Gasteiger partial charge on any atom is -0.336 e. The van der Waals surface area contributed by atoms with Crippen molar-refractivity contribution in [3.05, 3.63) is 59.7 Å². The number of rotatable bonds is 0. The Morgan fingerprint density at radius 1 is 1.00 bits per heavy atom. The van der Waals surface area contributed by atoms with Gasteiger partial charge in [-0.1, -0.05) is 36.4 Å². The van der Waals surface area contributed by atoms with E-state index >= 15 is 0 Å². The lowest BCUT2D eigenvalue weighted by atomic mass is 10.0. The van der Waals surface area contributed by atoms with Gasteiger partial charge in [0, 0.05) is 17.9 Å². The second-order valence-electron chi connectivity index (χ2n) is 9.22. The molecule has 2 fully saturated rings. The Morgan fingerprint density at radius 3 is 2.63 bits per heavy atom. The maximum atomic E-state index is 13.1. The number of nitrogens with one attached hydrogen (secondary N) is 3. The number of hydrogen-bond acceptors (Lipinski definition) is 5. The lowest BCUT2D eigenvalue weighted by molar-refractivity contribution is -0.138. The van der Waals surface area contributed by atoms with E-state index in [1.165, 1.54) is 11.9 Å². The topological polar surface area (TPSA) is 108 Å². The van der Waals surface area contributed by atoms with Gasteiger partial charge in [0.2, 0.25) is 17.7 Å². The van der Waals surface area contributed by atoms with E-state index in [2.05, 4.69) is 14.8 Å². The van der Waals surface area contributed by atoms with E-state index in [0.29, 0.717) is 44.3 Å². The van der Waals surface area contributed by atoms with E-state index in [1.54, 1.807) is 11.0 Å². The highest BCUT2D eigenvalue weighted by molar-refractivity contribution is 8.07. The molecular formula is C25H28N4O4S2. The Hall–Kier alpha value is -2.69. The van der Waals surface area contributed by atoms with Crippen LogP contribution in [0.5, 0.6) is 0 Å². The van der Waals surface area contributed by atoms with E-state index in [0.717, 1.165) is 22.4 Å². The summed E-state index contributed by atoms with van der Waals surface area (Å²) in [6, 6.07) is 14.5. The van der Waals surface area contributed by atoms with Crippen molar-refractivity contribution in [2.45, 2.75) is 60.8 Å². The van der Waals surface area contributed by atoms with Crippen molar-refractivity contribution in [1.82, 2.24) is 14.3 Å². The number of hydrogen-bond donors (Lipinski definition) is 3. The van der Waals surface area contributed by atoms with Crippen molar-refractivity contribution in [3.8, 4) is 0 Å². The van der Waals surface area contributed by atoms with Crippen LogP contribution in [0.25, 0.3) is 0 Å². The Labute approximate surface area is 211 Å². The van der Waals surface area contributed by atoms with Crippen LogP contribution in [0.4, 0.5) is 5.69 Å². The third-order valence-electron chi connectivity index (χ3n) is 6.66. The quantitative estimate of drug-likeness (QED) is 0.471. The van der Waals surface area contributed by atoms with Crippen molar-refractivity contribution >= 4 is 46.3 Å². The molecule has 2 aromatic carbocycles. The third kappa shape index (κ3) is 5.44. The van der Waals surface area contributed by atoms with Crippen molar-refractivity contribution in [2.75, 3.05) is 11.9 Å². The number of fused-ring (bicyclic) bond motifs is 4. The van der Waals surface area contributed by atoms with Gasteiger partial charge < -0.3 is 15.5 Å². The van der Waals surface area contributed by atoms with Crippen LogP contribution in [0, 0.1) is 0 Å². The number of para-hydroxylation sites is 1. The Balaban J connectivity index is 1.41. The Kier molecular flexibility index (Phi) is 6.95. The number of carbonyl (C=O) groups excluding carboxylic acids is 3. The molecule has 3 amide bonds. The molecule has 1 saturated heterocycles. The Bertz CT molecular complexity index is 1180. The van der Waals surface area contributed by atoms with E-state index < -0.39 is 21.9 Å². The first-order valence-electron chi connectivity index (χ1n) is 11.9. The highest BCUT2D eigenvalue weighted by Gasteiger charge is 2.52. The molecule has 2 heterocycles. The molecule has 1 saturated carbocycles. The standard InChI is InChI=1S/C25H28N4O4S2/c30-22-16-18-6-3-5-17(15-18)10-11-23(31)29-14-4-8-20(29)24(32)27-25(12-13-25)35(33)28-34-21-9-2-1-7-19(21)26-22/h1-3,5-7,9,15,20,28H,4,8,10-14,16H2,(H,26,30)(H,27,32). The first-order chi connectivity index (χ1) is 16.9. The maximum Gasteiger partial charge on any atom is 0.244 e. The molecular weight excluding hydrogens is 484 g/mol. The Morgan fingerprint density at radius 2 is 1.80 bits per heavy atom. The van der Waals surface area contributed by atoms with Crippen LogP contribution in [0.2, 0.25) is 0 Å². The molecule has 2 bridgehead atoms. The summed E-state index contributed by atoms with van der Waals surface area (Å²) in [6.07, 6.45) is 3.63. The molecule has 1 aliphatic carbocycles. The average molecular weight is 513 g/mol. The van der Waals surface area contributed by atoms with Crippen LogP contribution in [0.1, 0.15) is 43.2 Å². The van der Waals surface area contributed by atoms with Gasteiger partial charge in [0.05, 0.1) is 12.1 Å². The third-order valence-corrected chi connectivity index (χ3v) is 9.39. The second-order valence-corrected chi connectivity index (χ2v) is 11.9. The molecule has 2 unspecified atom stereocenters. The number of anilines is 1. The van der Waals surface area contributed by atoms with E-state index in [-0.39, 0.29) is 24.1 Å². The number of aryl methyl sites for hydroxylation is 1. The van der Waals surface area contributed by atoms with Crippen molar-refractivity contribution in [1.29, 1.82) is 0 Å². The zero-order valence-corrected chi connectivity index (χ0v) is 20.9. The number of amides is 3. The van der Waals surface area contributed by atoms with Crippen LogP contribution in [-0.4, -0.2) is 44.3 Å². The molecule has 3 aliphatic rings.